The topological polar surface area (TPSA) is 47.3 Å². The van der Waals surface area contributed by atoms with Crippen molar-refractivity contribution < 1.29 is 4.74 Å². The predicted octanol–water partition coefficient (Wildman–Crippen LogP) is 2.86. The van der Waals surface area contributed by atoms with Crippen molar-refractivity contribution in [2.24, 2.45) is 5.73 Å². The lowest BCUT2D eigenvalue weighted by molar-refractivity contribution is 0.400. The molecule has 0 fully saturated rings. The Balaban J connectivity index is 2.38. The number of ether oxygens (including phenoxy) is 1. The van der Waals surface area contributed by atoms with Gasteiger partial charge in [-0.3, -0.25) is 0 Å². The Hall–Kier alpha value is -1.06. The van der Waals surface area contributed by atoms with Gasteiger partial charge in [0, 0.05) is 17.6 Å². The number of methoxy groups -OCH3 is 1. The van der Waals surface area contributed by atoms with Crippen LogP contribution in [-0.2, 0) is 0 Å². The van der Waals surface area contributed by atoms with Crippen LogP contribution in [0.5, 0.6) is 5.75 Å². The third-order valence-corrected chi connectivity index (χ3v) is 3.33. The molecule has 0 spiro atoms. The fourth-order valence-electron chi connectivity index (χ4n) is 2.02. The molecule has 18 heavy (non-hydrogen) atoms. The average Bonchev–Trinajstić information content (AvgIpc) is 2.42. The third kappa shape index (κ3) is 4.67. The van der Waals surface area contributed by atoms with Crippen molar-refractivity contribution >= 4 is 0 Å². The Labute approximate surface area is 111 Å². The summed E-state index contributed by atoms with van der Waals surface area (Å²) in [5.74, 6) is 0.947. The Morgan fingerprint density at radius 3 is 2.72 bits per heavy atom. The van der Waals surface area contributed by atoms with Gasteiger partial charge in [0.2, 0.25) is 0 Å². The van der Waals surface area contributed by atoms with Crippen molar-refractivity contribution in [2.75, 3.05) is 13.7 Å². The molecular weight excluding hydrogens is 224 g/mol. The Bertz CT molecular complexity index is 341. The zero-order chi connectivity index (χ0) is 13.4. The number of benzene rings is 1. The van der Waals surface area contributed by atoms with Crippen molar-refractivity contribution in [3.63, 3.8) is 0 Å². The highest BCUT2D eigenvalue weighted by atomic mass is 16.5. The second-order valence-corrected chi connectivity index (χ2v) is 4.73. The summed E-state index contributed by atoms with van der Waals surface area (Å²) in [7, 11) is 1.71. The largest absolute Gasteiger partial charge is 0.496 e. The molecule has 0 saturated heterocycles. The highest BCUT2D eigenvalue weighted by Crippen LogP contribution is 2.24. The fraction of sp³-hybridized carbons (Fsp3) is 0.600. The molecule has 1 unspecified atom stereocenters. The number of hydrogen-bond acceptors (Lipinski definition) is 3. The van der Waals surface area contributed by atoms with Crippen LogP contribution in [0.2, 0.25) is 0 Å². The molecule has 0 radical (unpaired) electrons. The van der Waals surface area contributed by atoms with E-state index >= 15 is 0 Å². The van der Waals surface area contributed by atoms with E-state index in [-0.39, 0.29) is 0 Å². The number of nitrogens with two attached hydrogens (primary N) is 1. The highest BCUT2D eigenvalue weighted by Gasteiger charge is 2.09. The van der Waals surface area contributed by atoms with E-state index in [0.29, 0.717) is 12.1 Å². The minimum atomic E-state index is 0.305. The number of para-hydroxylation sites is 1. The normalized spacial score (nSPS) is 14.2. The summed E-state index contributed by atoms with van der Waals surface area (Å²) in [5, 5.41) is 3.52. The van der Waals surface area contributed by atoms with Crippen LogP contribution in [0.1, 0.15) is 44.7 Å². The molecule has 0 aromatic heterocycles. The van der Waals surface area contributed by atoms with E-state index in [1.165, 1.54) is 5.56 Å². The van der Waals surface area contributed by atoms with Gasteiger partial charge in [-0.1, -0.05) is 25.1 Å². The second-order valence-electron chi connectivity index (χ2n) is 4.73. The molecule has 1 rings (SSSR count). The number of nitrogens with one attached hydrogen (secondary N) is 1. The molecule has 0 aliphatic rings. The minimum Gasteiger partial charge on any atom is -0.496 e. The molecule has 0 aliphatic carbocycles. The molecule has 0 heterocycles. The van der Waals surface area contributed by atoms with Crippen molar-refractivity contribution in [1.29, 1.82) is 0 Å². The van der Waals surface area contributed by atoms with Crippen LogP contribution in [0.15, 0.2) is 24.3 Å². The first-order valence-corrected chi connectivity index (χ1v) is 6.80. The quantitative estimate of drug-likeness (QED) is 0.697. The maximum Gasteiger partial charge on any atom is 0.123 e. The molecule has 1 aromatic rings. The van der Waals surface area contributed by atoms with Gasteiger partial charge in [-0.2, -0.15) is 0 Å². The van der Waals surface area contributed by atoms with Gasteiger partial charge in [0.05, 0.1) is 7.11 Å². The van der Waals surface area contributed by atoms with Crippen molar-refractivity contribution in [1.82, 2.24) is 5.32 Å². The lowest BCUT2D eigenvalue weighted by atomic mass is 10.1. The Kier molecular flexibility index (Phi) is 6.76. The smallest absolute Gasteiger partial charge is 0.123 e. The average molecular weight is 250 g/mol. The van der Waals surface area contributed by atoms with Gasteiger partial charge in [0.1, 0.15) is 5.75 Å². The molecule has 1 aromatic carbocycles. The van der Waals surface area contributed by atoms with Crippen LogP contribution in [-0.4, -0.2) is 19.7 Å². The van der Waals surface area contributed by atoms with Gasteiger partial charge in [-0.25, -0.2) is 0 Å². The molecule has 0 saturated carbocycles. The van der Waals surface area contributed by atoms with Crippen LogP contribution in [0.3, 0.4) is 0 Å². The second kappa shape index (κ2) is 8.11. The lowest BCUT2D eigenvalue weighted by Gasteiger charge is -2.17. The van der Waals surface area contributed by atoms with E-state index in [1.807, 2.05) is 18.2 Å². The standard InChI is InChI=1S/C15H26N2O/c1-4-13(16)8-7-11-17-12(2)14-9-5-6-10-15(14)18-3/h5-6,9-10,12-13,17H,4,7-8,11,16H2,1-3H3/t12-,13?/m0/s1. The summed E-state index contributed by atoms with van der Waals surface area (Å²) in [5.41, 5.74) is 7.11. The zero-order valence-corrected chi connectivity index (χ0v) is 11.8. The molecule has 3 heteroatoms. The van der Waals surface area contributed by atoms with Gasteiger partial charge in [0.15, 0.2) is 0 Å². The molecule has 0 bridgehead atoms. The zero-order valence-electron chi connectivity index (χ0n) is 11.8. The summed E-state index contributed by atoms with van der Waals surface area (Å²) in [6.45, 7) is 5.29. The number of hydrogen-bond donors (Lipinski definition) is 2. The SMILES string of the molecule is CCC(N)CCCN[C@@H](C)c1ccccc1OC. The molecule has 3 nitrogen and oxygen atoms in total. The summed E-state index contributed by atoms with van der Waals surface area (Å²) in [6.07, 6.45) is 3.26. The molecular formula is C15H26N2O. The monoisotopic (exact) mass is 250 g/mol. The van der Waals surface area contributed by atoms with E-state index in [9.17, 15) is 0 Å². The third-order valence-electron chi connectivity index (χ3n) is 3.33. The number of rotatable bonds is 8. The summed E-state index contributed by atoms with van der Waals surface area (Å²) in [4.78, 5) is 0. The van der Waals surface area contributed by atoms with Crippen LogP contribution >= 0.6 is 0 Å². The van der Waals surface area contributed by atoms with Gasteiger partial charge >= 0.3 is 0 Å². The first-order chi connectivity index (χ1) is 8.69. The van der Waals surface area contributed by atoms with E-state index in [4.69, 9.17) is 10.5 Å². The van der Waals surface area contributed by atoms with Crippen LogP contribution in [0.25, 0.3) is 0 Å². The van der Waals surface area contributed by atoms with Crippen LogP contribution in [0, 0.1) is 0 Å². The van der Waals surface area contributed by atoms with Crippen molar-refractivity contribution in [3.05, 3.63) is 29.8 Å². The Morgan fingerprint density at radius 2 is 2.06 bits per heavy atom. The first-order valence-electron chi connectivity index (χ1n) is 6.80. The molecule has 0 amide bonds. The van der Waals surface area contributed by atoms with Gasteiger partial charge in [-0.05, 0) is 38.8 Å². The maximum atomic E-state index is 5.90. The predicted molar refractivity (Wildman–Crippen MR) is 76.9 cm³/mol. The van der Waals surface area contributed by atoms with E-state index < -0.39 is 0 Å². The summed E-state index contributed by atoms with van der Waals surface area (Å²) < 4.78 is 5.37. The Morgan fingerprint density at radius 1 is 1.33 bits per heavy atom. The van der Waals surface area contributed by atoms with Crippen molar-refractivity contribution in [2.45, 2.75) is 45.2 Å². The van der Waals surface area contributed by atoms with Gasteiger partial charge in [-0.15, -0.1) is 0 Å². The van der Waals surface area contributed by atoms with Crippen LogP contribution in [0.4, 0.5) is 0 Å². The lowest BCUT2D eigenvalue weighted by Crippen LogP contribution is -2.24. The molecule has 3 N–H and O–H groups in total. The molecule has 0 aliphatic heterocycles. The van der Waals surface area contributed by atoms with Crippen molar-refractivity contribution in [3.8, 4) is 5.75 Å². The van der Waals surface area contributed by atoms with E-state index in [1.54, 1.807) is 7.11 Å². The maximum absolute atomic E-state index is 5.90. The fourth-order valence-corrected chi connectivity index (χ4v) is 2.02. The van der Waals surface area contributed by atoms with Gasteiger partial charge < -0.3 is 15.8 Å². The van der Waals surface area contributed by atoms with E-state index in [0.717, 1.165) is 31.6 Å². The summed E-state index contributed by atoms with van der Waals surface area (Å²) in [6, 6.07) is 8.79. The summed E-state index contributed by atoms with van der Waals surface area (Å²) >= 11 is 0. The van der Waals surface area contributed by atoms with Gasteiger partial charge in [0.25, 0.3) is 0 Å². The molecule has 2 atom stereocenters. The first kappa shape index (κ1) is 15.0. The minimum absolute atomic E-state index is 0.305. The highest BCUT2D eigenvalue weighted by molar-refractivity contribution is 5.35. The van der Waals surface area contributed by atoms with Crippen LogP contribution < -0.4 is 15.8 Å². The molecule has 102 valence electrons. The van der Waals surface area contributed by atoms with E-state index in [2.05, 4.69) is 25.2 Å².